The van der Waals surface area contributed by atoms with Crippen LogP contribution in [0.1, 0.15) is 11.3 Å². The van der Waals surface area contributed by atoms with E-state index in [0.29, 0.717) is 10.7 Å². The van der Waals surface area contributed by atoms with E-state index in [-0.39, 0.29) is 5.56 Å². The molecule has 0 amide bonds. The molecule has 3 rings (SSSR count). The van der Waals surface area contributed by atoms with Crippen LogP contribution >= 0.6 is 11.6 Å². The predicted molar refractivity (Wildman–Crippen MR) is 75.7 cm³/mol. The normalized spacial score (nSPS) is 11.1. The molecule has 96 valence electrons. The highest BCUT2D eigenvalue weighted by atomic mass is 35.5. The number of aromatic nitrogens is 3. The quantitative estimate of drug-likeness (QED) is 0.741. The molecule has 0 unspecified atom stereocenters. The fourth-order valence-corrected chi connectivity index (χ4v) is 2.29. The third-order valence-electron chi connectivity index (χ3n) is 3.11. The number of rotatable bonds is 1. The van der Waals surface area contributed by atoms with Gasteiger partial charge in [0.25, 0.3) is 5.56 Å². The van der Waals surface area contributed by atoms with Crippen molar-refractivity contribution in [2.75, 3.05) is 0 Å². The SMILES string of the molecule is Cc1cc(=O)n2[nH]c(-c3ccc(Cl)cc3)c(C)c2n1. The predicted octanol–water partition coefficient (Wildman–Crippen LogP) is 2.96. The standard InChI is InChI=1S/C14H12ClN3O/c1-8-7-12(19)18-14(16-8)9(2)13(17-18)10-3-5-11(15)6-4-10/h3-7,17H,1-2H3. The van der Waals surface area contributed by atoms with E-state index in [1.807, 2.05) is 38.1 Å². The number of hydrogen-bond acceptors (Lipinski definition) is 2. The van der Waals surface area contributed by atoms with Crippen molar-refractivity contribution in [2.45, 2.75) is 13.8 Å². The zero-order chi connectivity index (χ0) is 13.6. The van der Waals surface area contributed by atoms with Crippen molar-refractivity contribution < 1.29 is 0 Å². The lowest BCUT2D eigenvalue weighted by Gasteiger charge is -1.99. The van der Waals surface area contributed by atoms with Gasteiger partial charge in [-0.05, 0) is 31.5 Å². The summed E-state index contributed by atoms with van der Waals surface area (Å²) >= 11 is 5.89. The van der Waals surface area contributed by atoms with Gasteiger partial charge in [0, 0.05) is 22.3 Å². The molecule has 0 bridgehead atoms. The fourth-order valence-electron chi connectivity index (χ4n) is 2.16. The Hall–Kier alpha value is -2.07. The molecule has 0 spiro atoms. The minimum absolute atomic E-state index is 0.106. The summed E-state index contributed by atoms with van der Waals surface area (Å²) in [5, 5.41) is 3.78. The second-order valence-corrected chi connectivity index (χ2v) is 4.95. The molecular formula is C14H12ClN3O. The Labute approximate surface area is 114 Å². The third kappa shape index (κ3) is 1.94. The Kier molecular flexibility index (Phi) is 2.68. The van der Waals surface area contributed by atoms with Gasteiger partial charge in [-0.15, -0.1) is 0 Å². The Bertz CT molecular complexity index is 815. The molecule has 1 N–H and O–H groups in total. The van der Waals surface area contributed by atoms with Gasteiger partial charge < -0.3 is 0 Å². The molecule has 0 saturated carbocycles. The lowest BCUT2D eigenvalue weighted by molar-refractivity contribution is 0.893. The van der Waals surface area contributed by atoms with Crippen molar-refractivity contribution >= 4 is 17.2 Å². The van der Waals surface area contributed by atoms with Crippen LogP contribution in [0.4, 0.5) is 0 Å². The smallest absolute Gasteiger partial charge is 0.272 e. The van der Waals surface area contributed by atoms with Gasteiger partial charge in [-0.3, -0.25) is 9.89 Å². The summed E-state index contributed by atoms with van der Waals surface area (Å²) in [6.07, 6.45) is 0. The lowest BCUT2D eigenvalue weighted by Crippen LogP contribution is -2.14. The Morgan fingerprint density at radius 2 is 1.89 bits per heavy atom. The van der Waals surface area contributed by atoms with E-state index in [4.69, 9.17) is 11.6 Å². The summed E-state index contributed by atoms with van der Waals surface area (Å²) < 4.78 is 1.46. The van der Waals surface area contributed by atoms with Crippen LogP contribution in [-0.2, 0) is 0 Å². The number of benzene rings is 1. The van der Waals surface area contributed by atoms with Gasteiger partial charge in [-0.1, -0.05) is 23.7 Å². The zero-order valence-corrected chi connectivity index (χ0v) is 11.3. The summed E-state index contributed by atoms with van der Waals surface area (Å²) in [6, 6.07) is 8.98. The van der Waals surface area contributed by atoms with Gasteiger partial charge in [0.1, 0.15) is 0 Å². The highest BCUT2D eigenvalue weighted by Crippen LogP contribution is 2.25. The molecule has 19 heavy (non-hydrogen) atoms. The van der Waals surface area contributed by atoms with Crippen LogP contribution in [0.15, 0.2) is 35.1 Å². The molecule has 0 fully saturated rings. The maximum Gasteiger partial charge on any atom is 0.272 e. The molecule has 0 aliphatic rings. The number of hydrogen-bond donors (Lipinski definition) is 1. The monoisotopic (exact) mass is 273 g/mol. The molecule has 4 nitrogen and oxygen atoms in total. The van der Waals surface area contributed by atoms with E-state index in [1.165, 1.54) is 10.6 Å². The van der Waals surface area contributed by atoms with E-state index in [9.17, 15) is 4.79 Å². The van der Waals surface area contributed by atoms with Crippen LogP contribution in [0, 0.1) is 13.8 Å². The van der Waals surface area contributed by atoms with Crippen LogP contribution in [0.3, 0.4) is 0 Å². The molecule has 2 heterocycles. The largest absolute Gasteiger partial charge is 0.289 e. The van der Waals surface area contributed by atoms with E-state index in [0.717, 1.165) is 22.5 Å². The Morgan fingerprint density at radius 3 is 2.58 bits per heavy atom. The van der Waals surface area contributed by atoms with Crippen molar-refractivity contribution in [2.24, 2.45) is 0 Å². The van der Waals surface area contributed by atoms with E-state index >= 15 is 0 Å². The Balaban J connectivity index is 2.31. The highest BCUT2D eigenvalue weighted by Gasteiger charge is 2.12. The van der Waals surface area contributed by atoms with E-state index in [2.05, 4.69) is 10.1 Å². The average molecular weight is 274 g/mol. The molecule has 0 atom stereocenters. The molecular weight excluding hydrogens is 262 g/mol. The summed E-state index contributed by atoms with van der Waals surface area (Å²) in [7, 11) is 0. The molecule has 5 heteroatoms. The van der Waals surface area contributed by atoms with Crippen LogP contribution < -0.4 is 5.56 Å². The molecule has 0 aliphatic heterocycles. The molecule has 3 aromatic rings. The van der Waals surface area contributed by atoms with Crippen LogP contribution in [0.25, 0.3) is 16.9 Å². The molecule has 0 aliphatic carbocycles. The summed E-state index contributed by atoms with van der Waals surface area (Å²) in [5.41, 5.74) is 4.08. The fraction of sp³-hybridized carbons (Fsp3) is 0.143. The first-order valence-corrected chi connectivity index (χ1v) is 6.29. The number of aromatic amines is 1. The summed E-state index contributed by atoms with van der Waals surface area (Å²) in [4.78, 5) is 16.3. The number of aryl methyl sites for hydroxylation is 2. The minimum Gasteiger partial charge on any atom is -0.289 e. The van der Waals surface area contributed by atoms with Crippen LogP contribution in [-0.4, -0.2) is 14.6 Å². The van der Waals surface area contributed by atoms with Crippen molar-refractivity contribution in [1.29, 1.82) is 0 Å². The first-order chi connectivity index (χ1) is 9.06. The second kappa shape index (κ2) is 4.24. The van der Waals surface area contributed by atoms with Crippen LogP contribution in [0.2, 0.25) is 5.02 Å². The molecule has 1 aromatic carbocycles. The van der Waals surface area contributed by atoms with Gasteiger partial charge in [0.2, 0.25) is 0 Å². The van der Waals surface area contributed by atoms with Gasteiger partial charge in [-0.2, -0.15) is 0 Å². The maximum absolute atomic E-state index is 11.9. The first kappa shape index (κ1) is 12.0. The van der Waals surface area contributed by atoms with Crippen molar-refractivity contribution in [3.63, 3.8) is 0 Å². The van der Waals surface area contributed by atoms with Crippen molar-refractivity contribution in [1.82, 2.24) is 14.6 Å². The molecule has 0 radical (unpaired) electrons. The summed E-state index contributed by atoms with van der Waals surface area (Å²) in [6.45, 7) is 3.76. The van der Waals surface area contributed by atoms with Crippen molar-refractivity contribution in [3.8, 4) is 11.3 Å². The van der Waals surface area contributed by atoms with Gasteiger partial charge in [-0.25, -0.2) is 9.50 Å². The number of halogens is 1. The summed E-state index contributed by atoms with van der Waals surface area (Å²) in [5.74, 6) is 0. The molecule has 2 aromatic heterocycles. The lowest BCUT2D eigenvalue weighted by atomic mass is 10.1. The average Bonchev–Trinajstić information content (AvgIpc) is 2.69. The zero-order valence-electron chi connectivity index (χ0n) is 10.6. The van der Waals surface area contributed by atoms with Gasteiger partial charge in [0.05, 0.1) is 5.69 Å². The van der Waals surface area contributed by atoms with Gasteiger partial charge in [0.15, 0.2) is 5.65 Å². The maximum atomic E-state index is 11.9. The van der Waals surface area contributed by atoms with Gasteiger partial charge >= 0.3 is 0 Å². The number of fused-ring (bicyclic) bond motifs is 1. The number of nitrogens with zero attached hydrogens (tertiary/aromatic N) is 2. The second-order valence-electron chi connectivity index (χ2n) is 4.51. The van der Waals surface area contributed by atoms with Crippen LogP contribution in [0.5, 0.6) is 0 Å². The topological polar surface area (TPSA) is 50.2 Å². The third-order valence-corrected chi connectivity index (χ3v) is 3.37. The minimum atomic E-state index is -0.106. The number of nitrogens with one attached hydrogen (secondary N) is 1. The molecule has 0 saturated heterocycles. The van der Waals surface area contributed by atoms with E-state index in [1.54, 1.807) is 0 Å². The van der Waals surface area contributed by atoms with Crippen molar-refractivity contribution in [3.05, 3.63) is 57.0 Å². The first-order valence-electron chi connectivity index (χ1n) is 5.91. The number of H-pyrrole nitrogens is 1. The highest BCUT2D eigenvalue weighted by molar-refractivity contribution is 6.30. The van der Waals surface area contributed by atoms with E-state index < -0.39 is 0 Å². The Morgan fingerprint density at radius 1 is 1.21 bits per heavy atom.